The van der Waals surface area contributed by atoms with Gasteiger partial charge in [-0.1, -0.05) is 29.5 Å². The molecule has 27 heavy (non-hydrogen) atoms. The number of amides is 2. The second-order valence-electron chi connectivity index (χ2n) is 6.53. The summed E-state index contributed by atoms with van der Waals surface area (Å²) in [5.41, 5.74) is 1.66. The smallest absolute Gasteiger partial charge is 0.239 e. The van der Waals surface area contributed by atoms with Crippen LogP contribution in [0.25, 0.3) is 10.2 Å². The van der Waals surface area contributed by atoms with Crippen molar-refractivity contribution >= 4 is 55.9 Å². The minimum absolute atomic E-state index is 0.0822. The highest BCUT2D eigenvalue weighted by atomic mass is 32.2. The molecule has 1 aliphatic carbocycles. The van der Waals surface area contributed by atoms with Crippen molar-refractivity contribution in [3.63, 3.8) is 0 Å². The van der Waals surface area contributed by atoms with Gasteiger partial charge in [-0.05, 0) is 50.1 Å². The molecule has 5 nitrogen and oxygen atoms in total. The van der Waals surface area contributed by atoms with E-state index < -0.39 is 0 Å². The summed E-state index contributed by atoms with van der Waals surface area (Å²) in [5, 5.41) is 6.16. The third-order valence-corrected chi connectivity index (χ3v) is 6.30. The summed E-state index contributed by atoms with van der Waals surface area (Å²) in [5.74, 6) is 0.157. The number of carbonyl (C=O) groups is 2. The lowest BCUT2D eigenvalue weighted by Crippen LogP contribution is -2.22. The first kappa shape index (κ1) is 18.0. The van der Waals surface area contributed by atoms with Gasteiger partial charge in [-0.3, -0.25) is 9.59 Å². The first-order valence-corrected chi connectivity index (χ1v) is 10.5. The maximum absolute atomic E-state index is 12.5. The standard InChI is InChI=1S/C20H19N3O2S2/c1-12(18(24)23-20-22-16-7-2-3-8-17(16)27-20)26-15-6-4-5-14(11-15)21-19(25)13-9-10-13/h2-8,11-13H,9-10H2,1H3,(H,21,25)(H,22,23,24). The van der Waals surface area contributed by atoms with E-state index in [2.05, 4.69) is 15.6 Å². The topological polar surface area (TPSA) is 71.1 Å². The Hall–Kier alpha value is -2.38. The number of fused-ring (bicyclic) bond motifs is 1. The number of nitrogens with one attached hydrogen (secondary N) is 2. The normalized spacial score (nSPS) is 14.7. The van der Waals surface area contributed by atoms with Crippen LogP contribution in [0.3, 0.4) is 0 Å². The monoisotopic (exact) mass is 397 g/mol. The van der Waals surface area contributed by atoms with Gasteiger partial charge in [-0.15, -0.1) is 11.8 Å². The van der Waals surface area contributed by atoms with Crippen LogP contribution in [0.1, 0.15) is 19.8 Å². The summed E-state index contributed by atoms with van der Waals surface area (Å²) < 4.78 is 1.05. The molecule has 1 fully saturated rings. The number of benzene rings is 2. The van der Waals surface area contributed by atoms with Crippen molar-refractivity contribution < 1.29 is 9.59 Å². The Balaban J connectivity index is 1.38. The molecule has 1 atom stereocenters. The fourth-order valence-electron chi connectivity index (χ4n) is 2.63. The van der Waals surface area contributed by atoms with Crippen molar-refractivity contribution in [2.75, 3.05) is 10.6 Å². The molecule has 1 aliphatic rings. The van der Waals surface area contributed by atoms with E-state index in [1.165, 1.54) is 23.1 Å². The predicted molar refractivity (Wildman–Crippen MR) is 111 cm³/mol. The van der Waals surface area contributed by atoms with Crippen molar-refractivity contribution in [3.05, 3.63) is 48.5 Å². The number of aromatic nitrogens is 1. The third kappa shape index (κ3) is 4.48. The van der Waals surface area contributed by atoms with Crippen molar-refractivity contribution in [1.29, 1.82) is 0 Å². The molecule has 3 aromatic rings. The molecule has 1 saturated carbocycles. The Morgan fingerprint density at radius 3 is 2.74 bits per heavy atom. The fraction of sp³-hybridized carbons (Fsp3) is 0.250. The quantitative estimate of drug-likeness (QED) is 0.588. The van der Waals surface area contributed by atoms with E-state index in [9.17, 15) is 9.59 Å². The highest BCUT2D eigenvalue weighted by molar-refractivity contribution is 8.00. The Labute approximate surface area is 165 Å². The van der Waals surface area contributed by atoms with Crippen LogP contribution in [0, 0.1) is 5.92 Å². The van der Waals surface area contributed by atoms with Crippen molar-refractivity contribution in [3.8, 4) is 0 Å². The van der Waals surface area contributed by atoms with Crippen molar-refractivity contribution in [1.82, 2.24) is 4.98 Å². The van der Waals surface area contributed by atoms with E-state index >= 15 is 0 Å². The predicted octanol–water partition coefficient (Wildman–Crippen LogP) is 4.76. The van der Waals surface area contributed by atoms with Crippen LogP contribution in [-0.4, -0.2) is 22.0 Å². The Morgan fingerprint density at radius 2 is 1.96 bits per heavy atom. The highest BCUT2D eigenvalue weighted by Crippen LogP contribution is 2.32. The van der Waals surface area contributed by atoms with E-state index in [-0.39, 0.29) is 23.0 Å². The summed E-state index contributed by atoms with van der Waals surface area (Å²) >= 11 is 2.92. The lowest BCUT2D eigenvalue weighted by atomic mass is 10.3. The second-order valence-corrected chi connectivity index (χ2v) is 8.97. The number of carbonyl (C=O) groups excluding carboxylic acids is 2. The lowest BCUT2D eigenvalue weighted by molar-refractivity contribution is -0.117. The zero-order chi connectivity index (χ0) is 18.8. The molecular formula is C20H19N3O2S2. The average Bonchev–Trinajstić information content (AvgIpc) is 3.42. The van der Waals surface area contributed by atoms with Gasteiger partial charge in [0.15, 0.2) is 5.13 Å². The van der Waals surface area contributed by atoms with Crippen molar-refractivity contribution in [2.45, 2.75) is 29.9 Å². The summed E-state index contributed by atoms with van der Waals surface area (Å²) in [7, 11) is 0. The molecular weight excluding hydrogens is 378 g/mol. The Morgan fingerprint density at radius 1 is 1.15 bits per heavy atom. The molecule has 4 rings (SSSR count). The maximum Gasteiger partial charge on any atom is 0.239 e. The SMILES string of the molecule is CC(Sc1cccc(NC(=O)C2CC2)c1)C(=O)Nc1nc2ccccc2s1. The first-order chi connectivity index (χ1) is 13.1. The van der Waals surface area contributed by atoms with Gasteiger partial charge in [0.1, 0.15) is 0 Å². The number of thioether (sulfide) groups is 1. The molecule has 1 aromatic heterocycles. The molecule has 2 aromatic carbocycles. The Kier molecular flexibility index (Phi) is 5.13. The fourth-order valence-corrected chi connectivity index (χ4v) is 4.42. The zero-order valence-electron chi connectivity index (χ0n) is 14.8. The average molecular weight is 398 g/mol. The van der Waals surface area contributed by atoms with Gasteiger partial charge < -0.3 is 10.6 Å². The van der Waals surface area contributed by atoms with Crippen LogP contribution in [0.5, 0.6) is 0 Å². The number of hydrogen-bond donors (Lipinski definition) is 2. The van der Waals surface area contributed by atoms with Gasteiger partial charge in [-0.25, -0.2) is 4.98 Å². The lowest BCUT2D eigenvalue weighted by Gasteiger charge is -2.12. The van der Waals surface area contributed by atoms with Gasteiger partial charge in [0.2, 0.25) is 11.8 Å². The number of para-hydroxylation sites is 1. The van der Waals surface area contributed by atoms with Crippen molar-refractivity contribution in [2.24, 2.45) is 5.92 Å². The third-order valence-electron chi connectivity index (χ3n) is 4.26. The number of rotatable bonds is 6. The van der Waals surface area contributed by atoms with E-state index in [0.29, 0.717) is 5.13 Å². The molecule has 1 heterocycles. The van der Waals surface area contributed by atoms with E-state index in [0.717, 1.165) is 33.6 Å². The van der Waals surface area contributed by atoms with Gasteiger partial charge in [0.05, 0.1) is 15.5 Å². The van der Waals surface area contributed by atoms with Gasteiger partial charge in [0, 0.05) is 16.5 Å². The van der Waals surface area contributed by atoms with Gasteiger partial charge in [-0.2, -0.15) is 0 Å². The number of nitrogens with zero attached hydrogens (tertiary/aromatic N) is 1. The summed E-state index contributed by atoms with van der Waals surface area (Å²) in [6, 6.07) is 15.4. The van der Waals surface area contributed by atoms with Crippen LogP contribution in [0.15, 0.2) is 53.4 Å². The summed E-state index contributed by atoms with van der Waals surface area (Å²) in [4.78, 5) is 29.8. The van der Waals surface area contributed by atoms with Crippen LogP contribution >= 0.6 is 23.1 Å². The van der Waals surface area contributed by atoms with E-state index in [1.807, 2.05) is 55.5 Å². The molecule has 0 spiro atoms. The number of thiazole rings is 1. The summed E-state index contributed by atoms with van der Waals surface area (Å²) in [6.07, 6.45) is 1.95. The molecule has 0 bridgehead atoms. The first-order valence-electron chi connectivity index (χ1n) is 8.82. The molecule has 2 N–H and O–H groups in total. The minimum atomic E-state index is -0.286. The minimum Gasteiger partial charge on any atom is -0.326 e. The second kappa shape index (κ2) is 7.70. The summed E-state index contributed by atoms with van der Waals surface area (Å²) in [6.45, 7) is 1.86. The Bertz CT molecular complexity index is 965. The van der Waals surface area contributed by atoms with E-state index in [1.54, 1.807) is 0 Å². The maximum atomic E-state index is 12.5. The molecule has 1 unspecified atom stereocenters. The van der Waals surface area contributed by atoms with Crippen LogP contribution in [0.4, 0.5) is 10.8 Å². The molecule has 7 heteroatoms. The molecule has 138 valence electrons. The van der Waals surface area contributed by atoms with Crippen LogP contribution in [-0.2, 0) is 9.59 Å². The number of hydrogen-bond acceptors (Lipinski definition) is 5. The molecule has 2 amide bonds. The van der Waals surface area contributed by atoms with Crippen LogP contribution in [0.2, 0.25) is 0 Å². The molecule has 0 aliphatic heterocycles. The molecule has 0 saturated heterocycles. The van der Waals surface area contributed by atoms with E-state index in [4.69, 9.17) is 0 Å². The van der Waals surface area contributed by atoms with Gasteiger partial charge in [0.25, 0.3) is 0 Å². The zero-order valence-corrected chi connectivity index (χ0v) is 16.4. The highest BCUT2D eigenvalue weighted by Gasteiger charge is 2.29. The molecule has 0 radical (unpaired) electrons. The van der Waals surface area contributed by atoms with Crippen LogP contribution < -0.4 is 10.6 Å². The number of anilines is 2. The largest absolute Gasteiger partial charge is 0.326 e. The van der Waals surface area contributed by atoms with Gasteiger partial charge >= 0.3 is 0 Å².